The Labute approximate surface area is 192 Å². The first-order valence-corrected chi connectivity index (χ1v) is 10.1. The monoisotopic (exact) mass is 479 g/mol. The second-order valence-corrected chi connectivity index (χ2v) is 7.14. The number of ether oxygens (including phenoxy) is 2. The quantitative estimate of drug-likeness (QED) is 0.324. The zero-order chi connectivity index (χ0) is 24.9. The Morgan fingerprint density at radius 1 is 1.21 bits per heavy atom. The van der Waals surface area contributed by atoms with E-state index < -0.39 is 46.1 Å². The van der Waals surface area contributed by atoms with E-state index in [-0.39, 0.29) is 19.4 Å². The predicted molar refractivity (Wildman–Crippen MR) is 111 cm³/mol. The molecule has 0 aliphatic rings. The van der Waals surface area contributed by atoms with Gasteiger partial charge in [-0.2, -0.15) is 8.78 Å². The van der Waals surface area contributed by atoms with Crippen LogP contribution in [0.2, 0.25) is 0 Å². The minimum Gasteiger partial charge on any atom is -0.466 e. The van der Waals surface area contributed by atoms with E-state index in [0.29, 0.717) is 11.6 Å². The molecule has 180 valence electrons. The number of carbonyl (C=O) groups is 1. The van der Waals surface area contributed by atoms with Crippen LogP contribution in [-0.2, 0) is 32.2 Å². The molecule has 34 heavy (non-hydrogen) atoms. The zero-order valence-corrected chi connectivity index (χ0v) is 18.3. The second kappa shape index (κ2) is 10.1. The van der Waals surface area contributed by atoms with Gasteiger partial charge in [0.2, 0.25) is 5.60 Å². The van der Waals surface area contributed by atoms with Gasteiger partial charge < -0.3 is 9.47 Å². The molecule has 3 rings (SSSR count). The lowest BCUT2D eigenvalue weighted by molar-refractivity contribution is -0.183. The van der Waals surface area contributed by atoms with Crippen molar-refractivity contribution in [3.8, 4) is 0 Å². The lowest BCUT2D eigenvalue weighted by Crippen LogP contribution is -2.48. The minimum absolute atomic E-state index is 0.0458. The fraction of sp³-hybridized carbons (Fsp3) is 0.318. The first-order valence-electron chi connectivity index (χ1n) is 10.1. The molecule has 0 spiro atoms. The minimum atomic E-state index is -4.04. The third-order valence-electron chi connectivity index (χ3n) is 5.16. The molecule has 3 aromatic rings. The van der Waals surface area contributed by atoms with E-state index in [9.17, 15) is 13.6 Å². The molecular formula is C22H21F4N5O3. The average molecular weight is 479 g/mol. The van der Waals surface area contributed by atoms with Crippen molar-refractivity contribution in [2.24, 2.45) is 0 Å². The van der Waals surface area contributed by atoms with Crippen LogP contribution < -0.4 is 0 Å². The first-order chi connectivity index (χ1) is 16.2. The maximum atomic E-state index is 16.2. The number of alkyl halides is 2. The Bertz CT molecular complexity index is 1160. The van der Waals surface area contributed by atoms with Gasteiger partial charge in [0.15, 0.2) is 0 Å². The second-order valence-electron chi connectivity index (χ2n) is 7.14. The Morgan fingerprint density at radius 2 is 1.97 bits per heavy atom. The van der Waals surface area contributed by atoms with Crippen molar-refractivity contribution in [1.82, 2.24) is 25.2 Å². The van der Waals surface area contributed by atoms with E-state index in [0.717, 1.165) is 36.3 Å². The zero-order valence-electron chi connectivity index (χ0n) is 18.3. The Morgan fingerprint density at radius 3 is 2.53 bits per heavy atom. The van der Waals surface area contributed by atoms with Crippen molar-refractivity contribution in [3.63, 3.8) is 0 Å². The molecule has 1 atom stereocenters. The van der Waals surface area contributed by atoms with Gasteiger partial charge in [-0.3, -0.25) is 9.78 Å². The highest BCUT2D eigenvalue weighted by molar-refractivity contribution is 5.69. The first kappa shape index (κ1) is 25.0. The smallest absolute Gasteiger partial charge is 0.327 e. The van der Waals surface area contributed by atoms with Crippen LogP contribution in [0, 0.1) is 11.6 Å². The Balaban J connectivity index is 2.08. The molecule has 12 heteroatoms. The van der Waals surface area contributed by atoms with Gasteiger partial charge in [-0.1, -0.05) is 12.6 Å². The maximum absolute atomic E-state index is 16.2. The lowest BCUT2D eigenvalue weighted by Gasteiger charge is -2.40. The van der Waals surface area contributed by atoms with Crippen LogP contribution in [0.5, 0.6) is 0 Å². The molecule has 8 nitrogen and oxygen atoms in total. The number of tetrazole rings is 1. The Hall–Kier alpha value is -3.67. The van der Waals surface area contributed by atoms with Crippen LogP contribution in [0.4, 0.5) is 17.6 Å². The van der Waals surface area contributed by atoms with Crippen LogP contribution in [-0.4, -0.2) is 44.9 Å². The number of hydrogen-bond donors (Lipinski definition) is 0. The fourth-order valence-corrected chi connectivity index (χ4v) is 3.50. The molecule has 1 unspecified atom stereocenters. The number of methoxy groups -OCH3 is 1. The molecule has 0 aliphatic heterocycles. The van der Waals surface area contributed by atoms with Gasteiger partial charge in [-0.05, 0) is 47.5 Å². The van der Waals surface area contributed by atoms with E-state index in [1.165, 1.54) is 12.3 Å². The van der Waals surface area contributed by atoms with Gasteiger partial charge in [0.05, 0.1) is 12.3 Å². The number of aryl methyl sites for hydroxylation is 1. The number of aromatic nitrogens is 5. The van der Waals surface area contributed by atoms with E-state index >= 15 is 8.78 Å². The summed E-state index contributed by atoms with van der Waals surface area (Å²) < 4.78 is 71.7. The summed E-state index contributed by atoms with van der Waals surface area (Å²) in [5, 5.41) is 10.4. The summed E-state index contributed by atoms with van der Waals surface area (Å²) in [6.07, 6.45) is 2.42. The van der Waals surface area contributed by atoms with Gasteiger partial charge in [0, 0.05) is 31.4 Å². The summed E-state index contributed by atoms with van der Waals surface area (Å²) in [6.45, 7) is 5.53. The lowest BCUT2D eigenvalue weighted by atomic mass is 9.81. The third-order valence-corrected chi connectivity index (χ3v) is 5.16. The summed E-state index contributed by atoms with van der Waals surface area (Å²) in [7, 11) is 0.931. The molecule has 0 N–H and O–H groups in total. The van der Waals surface area contributed by atoms with Gasteiger partial charge >= 0.3 is 11.9 Å². The average Bonchev–Trinajstić information content (AvgIpc) is 3.35. The molecule has 0 amide bonds. The number of nitrogens with zero attached hydrogens (tertiary/aromatic N) is 5. The van der Waals surface area contributed by atoms with Gasteiger partial charge in [0.1, 0.15) is 23.7 Å². The van der Waals surface area contributed by atoms with Crippen molar-refractivity contribution >= 4 is 11.7 Å². The fourth-order valence-electron chi connectivity index (χ4n) is 3.50. The SMILES string of the molecule is C=C(n1cnnn1)C(OC)(c1ccc(F)cc1F)C(F)(F)c1ccc(CCC(=O)OCC)cn1. The van der Waals surface area contributed by atoms with Crippen LogP contribution in [0.1, 0.15) is 30.2 Å². The molecule has 2 aromatic heterocycles. The summed E-state index contributed by atoms with van der Waals surface area (Å²) in [4.78, 5) is 15.4. The number of carbonyl (C=O) groups excluding carboxylic acids is 1. The molecule has 0 aliphatic carbocycles. The maximum Gasteiger partial charge on any atom is 0.327 e. The third kappa shape index (κ3) is 4.53. The molecule has 0 saturated heterocycles. The van der Waals surface area contributed by atoms with Crippen molar-refractivity contribution in [2.45, 2.75) is 31.3 Å². The molecule has 0 radical (unpaired) electrons. The summed E-state index contributed by atoms with van der Waals surface area (Å²) in [5.74, 6) is -6.73. The summed E-state index contributed by atoms with van der Waals surface area (Å²) >= 11 is 0. The molecule has 0 saturated carbocycles. The standard InChI is InChI=1S/C22H21F4N5O3/c1-4-34-20(32)10-6-15-5-9-19(27-12-15)22(25,26)21(33-3,14(2)31-13-28-29-30-31)17-8-7-16(23)11-18(17)24/h5,7-9,11-13H,2,4,6,10H2,1,3H3. The topological polar surface area (TPSA) is 92.0 Å². The number of pyridine rings is 1. The number of hydrogen-bond acceptors (Lipinski definition) is 7. The molecule has 1 aromatic carbocycles. The number of rotatable bonds is 10. The van der Waals surface area contributed by atoms with Gasteiger partial charge in [-0.25, -0.2) is 13.5 Å². The highest BCUT2D eigenvalue weighted by Gasteiger charge is 2.61. The highest BCUT2D eigenvalue weighted by Crippen LogP contribution is 2.53. The largest absolute Gasteiger partial charge is 0.466 e. The van der Waals surface area contributed by atoms with Gasteiger partial charge in [-0.15, -0.1) is 5.10 Å². The highest BCUT2D eigenvalue weighted by atomic mass is 19.3. The predicted octanol–water partition coefficient (Wildman–Crippen LogP) is 3.65. The van der Waals surface area contributed by atoms with Crippen LogP contribution in [0.25, 0.3) is 5.70 Å². The summed E-state index contributed by atoms with van der Waals surface area (Å²) in [5.41, 5.74) is -4.42. The molecule has 2 heterocycles. The van der Waals surface area contributed by atoms with Gasteiger partial charge in [0.25, 0.3) is 0 Å². The molecular weight excluding hydrogens is 458 g/mol. The van der Waals surface area contributed by atoms with Crippen molar-refractivity contribution in [1.29, 1.82) is 0 Å². The van der Waals surface area contributed by atoms with Crippen molar-refractivity contribution in [2.75, 3.05) is 13.7 Å². The number of benzene rings is 1. The van der Waals surface area contributed by atoms with Crippen molar-refractivity contribution in [3.05, 3.63) is 77.9 Å². The Kier molecular flexibility index (Phi) is 7.40. The molecule has 0 bridgehead atoms. The number of esters is 1. The molecule has 0 fully saturated rings. The normalized spacial score (nSPS) is 13.4. The van der Waals surface area contributed by atoms with Crippen molar-refractivity contribution < 1.29 is 31.8 Å². The van der Waals surface area contributed by atoms with E-state index in [1.54, 1.807) is 6.92 Å². The number of halogens is 4. The van der Waals surface area contributed by atoms with E-state index in [4.69, 9.17) is 9.47 Å². The summed E-state index contributed by atoms with van der Waals surface area (Å²) in [6, 6.07) is 4.50. The van der Waals surface area contributed by atoms with Crippen LogP contribution >= 0.6 is 0 Å². The van der Waals surface area contributed by atoms with Crippen LogP contribution in [0.3, 0.4) is 0 Å². The van der Waals surface area contributed by atoms with E-state index in [1.807, 2.05) is 0 Å². The van der Waals surface area contributed by atoms with E-state index in [2.05, 4.69) is 27.1 Å². The van der Waals surface area contributed by atoms with Crippen LogP contribution in [0.15, 0.2) is 49.4 Å².